The molecule has 38 heavy (non-hydrogen) atoms. The van der Waals surface area contributed by atoms with Gasteiger partial charge in [0.25, 0.3) is 20.2 Å². The minimum atomic E-state index is -4.30. The van der Waals surface area contributed by atoms with Gasteiger partial charge in [-0.25, -0.2) is 9.59 Å². The number of esters is 2. The maximum atomic E-state index is 12.9. The van der Waals surface area contributed by atoms with Crippen LogP contribution in [0.5, 0.6) is 0 Å². The molecule has 0 aliphatic carbocycles. The van der Waals surface area contributed by atoms with Crippen molar-refractivity contribution in [2.24, 2.45) is 5.73 Å². The quantitative estimate of drug-likeness (QED) is 0.159. The van der Waals surface area contributed by atoms with Crippen molar-refractivity contribution in [1.29, 1.82) is 0 Å². The predicted octanol–water partition coefficient (Wildman–Crippen LogP) is 1.03. The fraction of sp³-hybridized carbons (Fsp3) is 0.455. The average Bonchev–Trinajstić information content (AvgIpc) is 2.82. The van der Waals surface area contributed by atoms with Crippen LogP contribution in [0, 0.1) is 0 Å². The number of allylic oxidation sites excluding steroid dienone is 1. The van der Waals surface area contributed by atoms with Gasteiger partial charge in [0.05, 0.1) is 61.2 Å². The fourth-order valence-corrected chi connectivity index (χ4v) is 5.26. The Morgan fingerprint density at radius 1 is 1.05 bits per heavy atom. The number of hydrogen-bond acceptors (Lipinski definition) is 11. The number of halogens is 1. The highest BCUT2D eigenvalue weighted by Crippen LogP contribution is 2.41. The molecule has 0 fully saturated rings. The van der Waals surface area contributed by atoms with Crippen LogP contribution in [0.3, 0.4) is 0 Å². The van der Waals surface area contributed by atoms with E-state index in [9.17, 15) is 26.4 Å². The standard InChI is InChI=1S/C20H25ClN2O5.C2H6O6S2/c1-4-28-20(25)18-15(11-27-10-9-22)23-12(2)16(19(24)26-3)17(18)13-7-5-6-8-14(13)21;3-9(4,5)1-2-10(6,7)8/h5-8,17,23H,4,9-11,22H2,1-3H3;1-2H2,(H,3,4,5)(H,6,7,8)/t17-;/m0./s1. The molecule has 214 valence electrons. The molecule has 0 aromatic heterocycles. The number of ether oxygens (including phenoxy) is 3. The number of methoxy groups -OCH3 is 1. The largest absolute Gasteiger partial charge is 0.466 e. The Kier molecular flexibility index (Phi) is 13.4. The minimum absolute atomic E-state index is 0.109. The Labute approximate surface area is 226 Å². The van der Waals surface area contributed by atoms with Gasteiger partial charge in [-0.1, -0.05) is 29.8 Å². The van der Waals surface area contributed by atoms with Crippen molar-refractivity contribution >= 4 is 43.8 Å². The molecule has 0 unspecified atom stereocenters. The second-order valence-corrected chi connectivity index (χ2v) is 11.2. The summed E-state index contributed by atoms with van der Waals surface area (Å²) in [5.41, 5.74) is 7.70. The van der Waals surface area contributed by atoms with Crippen LogP contribution in [0.1, 0.15) is 25.3 Å². The normalized spacial score (nSPS) is 15.8. The maximum Gasteiger partial charge on any atom is 0.336 e. The number of dihydropyridines is 1. The first-order chi connectivity index (χ1) is 17.7. The second kappa shape index (κ2) is 15.2. The molecule has 13 nitrogen and oxygen atoms in total. The predicted molar refractivity (Wildman–Crippen MR) is 138 cm³/mol. The van der Waals surface area contributed by atoms with E-state index < -0.39 is 49.6 Å². The molecule has 0 radical (unpaired) electrons. The Balaban J connectivity index is 0.000000612. The van der Waals surface area contributed by atoms with Gasteiger partial charge in [-0.3, -0.25) is 9.11 Å². The van der Waals surface area contributed by atoms with Crippen molar-refractivity contribution in [2.45, 2.75) is 19.8 Å². The number of rotatable bonds is 11. The lowest BCUT2D eigenvalue weighted by Crippen LogP contribution is -2.35. The molecule has 1 heterocycles. The molecule has 16 heteroatoms. The number of nitrogens with two attached hydrogens (primary N) is 1. The Hall–Kier alpha value is -2.53. The topological polar surface area (TPSA) is 209 Å². The third-order valence-electron chi connectivity index (χ3n) is 4.87. The fourth-order valence-electron chi connectivity index (χ4n) is 3.33. The number of nitrogens with one attached hydrogen (secondary N) is 1. The first kappa shape index (κ1) is 33.5. The molecule has 0 bridgehead atoms. The molecule has 1 aliphatic rings. The summed E-state index contributed by atoms with van der Waals surface area (Å²) in [5.74, 6) is -3.82. The second-order valence-electron chi connectivity index (χ2n) is 7.64. The van der Waals surface area contributed by atoms with Gasteiger partial charge in [0.1, 0.15) is 0 Å². The van der Waals surface area contributed by atoms with Gasteiger partial charge in [0.2, 0.25) is 0 Å². The third kappa shape index (κ3) is 10.7. The van der Waals surface area contributed by atoms with Gasteiger partial charge in [0, 0.05) is 17.3 Å². The zero-order chi connectivity index (χ0) is 29.1. The molecule has 1 atom stereocenters. The molecule has 0 spiro atoms. The van der Waals surface area contributed by atoms with Crippen LogP contribution < -0.4 is 11.1 Å². The molecule has 1 aromatic carbocycles. The third-order valence-corrected chi connectivity index (χ3v) is 6.91. The molecule has 0 amide bonds. The van der Waals surface area contributed by atoms with Crippen LogP contribution in [-0.4, -0.2) is 82.9 Å². The number of benzene rings is 1. The highest BCUT2D eigenvalue weighted by molar-refractivity contribution is 7.89. The zero-order valence-corrected chi connectivity index (χ0v) is 23.4. The van der Waals surface area contributed by atoms with Crippen molar-refractivity contribution in [3.05, 3.63) is 57.4 Å². The summed E-state index contributed by atoms with van der Waals surface area (Å²) in [4.78, 5) is 25.5. The smallest absolute Gasteiger partial charge is 0.336 e. The van der Waals surface area contributed by atoms with Crippen LogP contribution in [0.25, 0.3) is 0 Å². The van der Waals surface area contributed by atoms with E-state index in [4.69, 9.17) is 40.7 Å². The van der Waals surface area contributed by atoms with E-state index in [1.54, 1.807) is 38.1 Å². The van der Waals surface area contributed by atoms with Crippen molar-refractivity contribution in [3.8, 4) is 0 Å². The molecule has 0 saturated heterocycles. The lowest BCUT2D eigenvalue weighted by Gasteiger charge is -2.31. The van der Waals surface area contributed by atoms with Crippen molar-refractivity contribution in [3.63, 3.8) is 0 Å². The van der Waals surface area contributed by atoms with Crippen LogP contribution in [0.4, 0.5) is 0 Å². The molecule has 1 aliphatic heterocycles. The minimum Gasteiger partial charge on any atom is -0.466 e. The molecular weight excluding hydrogens is 568 g/mol. The first-order valence-electron chi connectivity index (χ1n) is 11.1. The van der Waals surface area contributed by atoms with Gasteiger partial charge >= 0.3 is 11.9 Å². The highest BCUT2D eigenvalue weighted by Gasteiger charge is 2.39. The average molecular weight is 599 g/mol. The van der Waals surface area contributed by atoms with E-state index >= 15 is 0 Å². The van der Waals surface area contributed by atoms with Crippen LogP contribution in [0.2, 0.25) is 5.02 Å². The van der Waals surface area contributed by atoms with Crippen molar-refractivity contribution < 1.29 is 49.7 Å². The van der Waals surface area contributed by atoms with E-state index in [-0.39, 0.29) is 18.8 Å². The molecule has 5 N–H and O–H groups in total. The SMILES string of the molecule is CCOC(=O)C1=C(COCCN)NC(C)=C(C(=O)OC)[C@@H]1c1ccccc1Cl.O=S(=O)(O)CCS(=O)(=O)O. The lowest BCUT2D eigenvalue weighted by atomic mass is 9.80. The summed E-state index contributed by atoms with van der Waals surface area (Å²) in [6, 6.07) is 7.05. The Morgan fingerprint density at radius 3 is 2.11 bits per heavy atom. The van der Waals surface area contributed by atoms with Gasteiger partial charge in [-0.2, -0.15) is 16.8 Å². The Bertz CT molecular complexity index is 1240. The number of hydrogen-bond donors (Lipinski definition) is 4. The summed E-state index contributed by atoms with van der Waals surface area (Å²) >= 11 is 6.42. The number of carbonyl (C=O) groups is 2. The van der Waals surface area contributed by atoms with Gasteiger partial charge in [-0.05, 0) is 25.5 Å². The molecule has 2 rings (SSSR count). The summed E-state index contributed by atoms with van der Waals surface area (Å²) in [6.45, 7) is 4.42. The van der Waals surface area contributed by atoms with Gasteiger partial charge in [0.15, 0.2) is 0 Å². The van der Waals surface area contributed by atoms with E-state index in [1.807, 2.05) is 0 Å². The molecule has 1 aromatic rings. The summed E-state index contributed by atoms with van der Waals surface area (Å²) < 4.78 is 71.2. The van der Waals surface area contributed by atoms with Crippen LogP contribution in [-0.2, 0) is 44.0 Å². The Morgan fingerprint density at radius 2 is 1.63 bits per heavy atom. The van der Waals surface area contributed by atoms with Gasteiger partial charge in [-0.15, -0.1) is 0 Å². The van der Waals surface area contributed by atoms with Crippen LogP contribution >= 0.6 is 11.6 Å². The van der Waals surface area contributed by atoms with Gasteiger partial charge < -0.3 is 25.3 Å². The van der Waals surface area contributed by atoms with E-state index in [0.717, 1.165) is 0 Å². The van der Waals surface area contributed by atoms with E-state index in [2.05, 4.69) is 5.32 Å². The monoisotopic (exact) mass is 598 g/mol. The van der Waals surface area contributed by atoms with Crippen LogP contribution in [0.15, 0.2) is 46.8 Å². The highest BCUT2D eigenvalue weighted by atomic mass is 35.5. The van der Waals surface area contributed by atoms with Crippen molar-refractivity contribution in [2.75, 3.05) is 45.0 Å². The maximum absolute atomic E-state index is 12.9. The molecule has 0 saturated carbocycles. The summed E-state index contributed by atoms with van der Waals surface area (Å²) in [7, 11) is -7.30. The van der Waals surface area contributed by atoms with Crippen molar-refractivity contribution in [1.82, 2.24) is 5.32 Å². The van der Waals surface area contributed by atoms with E-state index in [0.29, 0.717) is 40.7 Å². The van der Waals surface area contributed by atoms with E-state index in [1.165, 1.54) is 7.11 Å². The summed E-state index contributed by atoms with van der Waals surface area (Å²) in [5, 5.41) is 3.52. The zero-order valence-electron chi connectivity index (χ0n) is 21.0. The summed E-state index contributed by atoms with van der Waals surface area (Å²) in [6.07, 6.45) is 0. The number of carbonyl (C=O) groups excluding carboxylic acids is 2. The first-order valence-corrected chi connectivity index (χ1v) is 14.6. The molecular formula is C22H31ClN2O11S2. The lowest BCUT2D eigenvalue weighted by molar-refractivity contribution is -0.139.